The monoisotopic (exact) mass is 482 g/mol. The highest BCUT2D eigenvalue weighted by Gasteiger charge is 2.02. The van der Waals surface area contributed by atoms with Crippen molar-refractivity contribution in [3.8, 4) is 0 Å². The van der Waals surface area contributed by atoms with Gasteiger partial charge in [-0.3, -0.25) is 4.79 Å². The lowest BCUT2D eigenvalue weighted by atomic mass is 10.1. The summed E-state index contributed by atoms with van der Waals surface area (Å²) in [6.07, 6.45) is 11.7. The fraction of sp³-hybridized carbons (Fsp3) is 0.958. The molecule has 32 heavy (non-hydrogen) atoms. The van der Waals surface area contributed by atoms with Crippen molar-refractivity contribution in [3.63, 3.8) is 0 Å². The Morgan fingerprint density at radius 1 is 0.531 bits per heavy atom. The number of hydrogen-bond donors (Lipinski definition) is 0. The molecular weight excluding hydrogens is 436 g/mol. The number of hydrogen-bond acceptors (Lipinski definition) is 7. The second kappa shape index (κ2) is 28.6. The van der Waals surface area contributed by atoms with Crippen molar-refractivity contribution in [2.45, 2.75) is 71.1 Å². The fourth-order valence-corrected chi connectivity index (χ4v) is 3.01. The van der Waals surface area contributed by atoms with Crippen LogP contribution in [0.1, 0.15) is 71.1 Å². The Morgan fingerprint density at radius 2 is 0.906 bits per heavy atom. The van der Waals surface area contributed by atoms with Crippen molar-refractivity contribution in [1.29, 1.82) is 0 Å². The molecule has 0 N–H and O–H groups in total. The number of unbranched alkanes of at least 4 members (excludes halogenated alkanes) is 8. The zero-order valence-electron chi connectivity index (χ0n) is 20.3. The van der Waals surface area contributed by atoms with Crippen LogP contribution in [0.15, 0.2) is 0 Å². The topological polar surface area (TPSA) is 72.5 Å². The molecule has 0 aliphatic carbocycles. The summed E-state index contributed by atoms with van der Waals surface area (Å²) in [5.74, 6) is 0.373. The van der Waals surface area contributed by atoms with E-state index in [0.29, 0.717) is 85.0 Å². The van der Waals surface area contributed by atoms with Gasteiger partial charge in [0.25, 0.3) is 0 Å². The summed E-state index contributed by atoms with van der Waals surface area (Å²) in [6, 6.07) is 0. The molecule has 0 radical (unpaired) electrons. The van der Waals surface area contributed by atoms with Crippen LogP contribution in [0.5, 0.6) is 0 Å². The highest BCUT2D eigenvalue weighted by molar-refractivity contribution is 6.17. The van der Waals surface area contributed by atoms with Gasteiger partial charge in [-0.25, -0.2) is 0 Å². The van der Waals surface area contributed by atoms with Gasteiger partial charge in [-0.2, -0.15) is 0 Å². The van der Waals surface area contributed by atoms with Crippen LogP contribution in [0, 0.1) is 0 Å². The Bertz CT molecular complexity index is 372. The first-order chi connectivity index (χ1) is 15.8. The molecule has 0 aliphatic heterocycles. The number of ether oxygens (including phenoxy) is 6. The number of halogens is 1. The third-order valence-corrected chi connectivity index (χ3v) is 4.84. The lowest BCUT2D eigenvalue weighted by Gasteiger charge is -2.08. The van der Waals surface area contributed by atoms with Crippen molar-refractivity contribution >= 4 is 17.6 Å². The van der Waals surface area contributed by atoms with Gasteiger partial charge in [0.2, 0.25) is 0 Å². The highest BCUT2D eigenvalue weighted by Crippen LogP contribution is 2.10. The Balaban J connectivity index is 3.12. The summed E-state index contributed by atoms with van der Waals surface area (Å²) in [6.45, 7) is 7.63. The molecule has 0 heterocycles. The van der Waals surface area contributed by atoms with E-state index in [1.165, 1.54) is 44.9 Å². The van der Waals surface area contributed by atoms with Crippen molar-refractivity contribution in [3.05, 3.63) is 0 Å². The lowest BCUT2D eigenvalue weighted by molar-refractivity contribution is -0.145. The van der Waals surface area contributed by atoms with Crippen LogP contribution < -0.4 is 0 Å². The van der Waals surface area contributed by atoms with Crippen molar-refractivity contribution in [1.82, 2.24) is 0 Å². The van der Waals surface area contributed by atoms with Crippen LogP contribution in [-0.4, -0.2) is 84.5 Å². The van der Waals surface area contributed by atoms with Crippen molar-refractivity contribution in [2.24, 2.45) is 0 Å². The summed E-state index contributed by atoms with van der Waals surface area (Å²) in [5, 5.41) is 0. The first kappa shape index (κ1) is 31.6. The van der Waals surface area contributed by atoms with Gasteiger partial charge in [0.15, 0.2) is 0 Å². The minimum absolute atomic E-state index is 0.128. The Kier molecular flexibility index (Phi) is 28.2. The molecule has 0 fully saturated rings. The average Bonchev–Trinajstić information content (AvgIpc) is 2.80. The molecule has 8 heteroatoms. The smallest absolute Gasteiger partial charge is 0.305 e. The third-order valence-electron chi connectivity index (χ3n) is 4.68. The van der Waals surface area contributed by atoms with Crippen LogP contribution in [0.3, 0.4) is 0 Å². The molecule has 0 saturated carbocycles. The predicted molar refractivity (Wildman–Crippen MR) is 128 cm³/mol. The maximum atomic E-state index is 11.7. The van der Waals surface area contributed by atoms with E-state index >= 15 is 0 Å². The lowest BCUT2D eigenvalue weighted by Crippen LogP contribution is -2.15. The van der Waals surface area contributed by atoms with E-state index < -0.39 is 0 Å². The van der Waals surface area contributed by atoms with Gasteiger partial charge < -0.3 is 28.4 Å². The summed E-state index contributed by atoms with van der Waals surface area (Å²) in [5.41, 5.74) is 0. The van der Waals surface area contributed by atoms with Gasteiger partial charge in [-0.1, -0.05) is 58.3 Å². The number of carbonyl (C=O) groups excluding carboxylic acids is 1. The standard InChI is InChI=1S/C24H47ClO7/c1-2-3-4-5-6-7-8-9-10-11-24(26)32-23-22-31-21-20-30-19-18-29-17-16-28-15-14-27-13-12-25/h2-23H2,1H3. The Labute approximate surface area is 200 Å². The molecule has 0 bridgehead atoms. The quantitative estimate of drug-likeness (QED) is 0.0947. The zero-order chi connectivity index (χ0) is 23.4. The van der Waals surface area contributed by atoms with Gasteiger partial charge in [0.1, 0.15) is 6.61 Å². The largest absolute Gasteiger partial charge is 0.463 e. The van der Waals surface area contributed by atoms with Crippen LogP contribution in [0.25, 0.3) is 0 Å². The van der Waals surface area contributed by atoms with Crippen LogP contribution in [0.2, 0.25) is 0 Å². The number of carbonyl (C=O) groups is 1. The summed E-state index contributed by atoms with van der Waals surface area (Å²) in [7, 11) is 0. The maximum Gasteiger partial charge on any atom is 0.305 e. The SMILES string of the molecule is CCCCCCCCCCCC(=O)OCCOCCOCCOCCOCCOCCCl. The molecule has 0 spiro atoms. The van der Waals surface area contributed by atoms with Crippen LogP contribution >= 0.6 is 11.6 Å². The van der Waals surface area contributed by atoms with E-state index in [1.807, 2.05) is 0 Å². The van der Waals surface area contributed by atoms with Crippen LogP contribution in [-0.2, 0) is 33.2 Å². The number of alkyl halides is 1. The summed E-state index contributed by atoms with van der Waals surface area (Å²) < 4.78 is 31.9. The zero-order valence-corrected chi connectivity index (χ0v) is 21.0. The first-order valence-electron chi connectivity index (χ1n) is 12.4. The molecule has 0 unspecified atom stereocenters. The molecule has 0 aliphatic rings. The van der Waals surface area contributed by atoms with E-state index in [9.17, 15) is 4.79 Å². The second-order valence-corrected chi connectivity index (χ2v) is 7.93. The van der Waals surface area contributed by atoms with E-state index in [2.05, 4.69) is 6.92 Å². The molecule has 7 nitrogen and oxygen atoms in total. The molecule has 0 aromatic heterocycles. The second-order valence-electron chi connectivity index (χ2n) is 7.55. The first-order valence-corrected chi connectivity index (χ1v) is 12.9. The van der Waals surface area contributed by atoms with E-state index in [0.717, 1.165) is 12.8 Å². The minimum atomic E-state index is -0.128. The molecule has 0 atom stereocenters. The highest BCUT2D eigenvalue weighted by atomic mass is 35.5. The van der Waals surface area contributed by atoms with E-state index in [4.69, 9.17) is 40.0 Å². The average molecular weight is 483 g/mol. The Morgan fingerprint density at radius 3 is 1.34 bits per heavy atom. The molecule has 0 aromatic carbocycles. The molecule has 0 aromatic rings. The maximum absolute atomic E-state index is 11.7. The fourth-order valence-electron chi connectivity index (χ4n) is 2.90. The molecule has 0 saturated heterocycles. The van der Waals surface area contributed by atoms with E-state index in [1.54, 1.807) is 0 Å². The van der Waals surface area contributed by atoms with E-state index in [-0.39, 0.29) is 5.97 Å². The number of rotatable bonds is 27. The van der Waals surface area contributed by atoms with Gasteiger partial charge in [0.05, 0.1) is 66.1 Å². The molecular formula is C24H47ClO7. The van der Waals surface area contributed by atoms with Gasteiger partial charge >= 0.3 is 5.97 Å². The summed E-state index contributed by atoms with van der Waals surface area (Å²) >= 11 is 5.49. The molecule has 0 rings (SSSR count). The van der Waals surface area contributed by atoms with Crippen LogP contribution in [0.4, 0.5) is 0 Å². The van der Waals surface area contributed by atoms with Gasteiger partial charge in [-0.05, 0) is 6.42 Å². The summed E-state index contributed by atoms with van der Waals surface area (Å²) in [4.78, 5) is 11.7. The van der Waals surface area contributed by atoms with Gasteiger partial charge in [0, 0.05) is 12.3 Å². The minimum Gasteiger partial charge on any atom is -0.463 e. The predicted octanol–water partition coefficient (Wildman–Crippen LogP) is 4.77. The molecule has 192 valence electrons. The van der Waals surface area contributed by atoms with Crippen molar-refractivity contribution < 1.29 is 33.2 Å². The number of esters is 1. The third kappa shape index (κ3) is 27.6. The Hall–Kier alpha value is -0.440. The van der Waals surface area contributed by atoms with Gasteiger partial charge in [-0.15, -0.1) is 11.6 Å². The normalized spacial score (nSPS) is 11.2. The van der Waals surface area contributed by atoms with Crippen molar-refractivity contribution in [2.75, 3.05) is 78.6 Å². The molecule has 0 amide bonds.